The Balaban J connectivity index is 2.55. The first kappa shape index (κ1) is 13.0. The van der Waals surface area contributed by atoms with Gasteiger partial charge in [-0.25, -0.2) is 9.97 Å². The number of halogens is 1. The molecule has 0 unspecified atom stereocenters. The summed E-state index contributed by atoms with van der Waals surface area (Å²) < 4.78 is 1.00. The zero-order chi connectivity index (χ0) is 13.3. The molecule has 0 saturated carbocycles. The molecular weight excluding hydrogens is 290 g/mol. The second-order valence-corrected chi connectivity index (χ2v) is 6.18. The van der Waals surface area contributed by atoms with Crippen LogP contribution in [0.4, 0.5) is 5.82 Å². The van der Waals surface area contributed by atoms with E-state index in [0.717, 1.165) is 15.7 Å². The van der Waals surface area contributed by atoms with Crippen LogP contribution in [0.15, 0.2) is 34.8 Å². The lowest BCUT2D eigenvalue weighted by atomic mass is 9.92. The Morgan fingerprint density at radius 1 is 1.11 bits per heavy atom. The highest BCUT2D eigenvalue weighted by Crippen LogP contribution is 2.26. The third-order valence-corrected chi connectivity index (χ3v) is 3.09. The van der Waals surface area contributed by atoms with Crippen molar-refractivity contribution >= 4 is 21.7 Å². The zero-order valence-electron chi connectivity index (χ0n) is 10.7. The summed E-state index contributed by atoms with van der Waals surface area (Å²) in [5.41, 5.74) is 7.73. The number of benzene rings is 1. The molecule has 0 amide bonds. The Labute approximate surface area is 116 Å². The fourth-order valence-corrected chi connectivity index (χ4v) is 2.01. The molecule has 2 rings (SSSR count). The van der Waals surface area contributed by atoms with Gasteiger partial charge in [0.1, 0.15) is 5.82 Å². The van der Waals surface area contributed by atoms with Crippen LogP contribution in [-0.2, 0) is 5.41 Å². The first-order chi connectivity index (χ1) is 8.36. The van der Waals surface area contributed by atoms with Crippen LogP contribution in [0, 0.1) is 0 Å². The molecule has 0 fully saturated rings. The van der Waals surface area contributed by atoms with Gasteiger partial charge in [-0.3, -0.25) is 0 Å². The maximum Gasteiger partial charge on any atom is 0.161 e. The molecule has 0 saturated heterocycles. The topological polar surface area (TPSA) is 51.8 Å². The van der Waals surface area contributed by atoms with E-state index in [2.05, 4.69) is 46.7 Å². The van der Waals surface area contributed by atoms with Gasteiger partial charge in [-0.05, 0) is 12.1 Å². The van der Waals surface area contributed by atoms with Crippen molar-refractivity contribution in [3.8, 4) is 11.4 Å². The second-order valence-electron chi connectivity index (χ2n) is 5.26. The standard InChI is InChI=1S/C14H16BrN3/c1-14(2,3)11-8-12(16)18-13(17-11)9-5-4-6-10(15)7-9/h4-8H,1-3H3,(H2,16,17,18). The number of hydrogen-bond acceptors (Lipinski definition) is 3. The van der Waals surface area contributed by atoms with Gasteiger partial charge >= 0.3 is 0 Å². The van der Waals surface area contributed by atoms with Crippen molar-refractivity contribution in [3.05, 3.63) is 40.5 Å². The zero-order valence-corrected chi connectivity index (χ0v) is 12.3. The van der Waals surface area contributed by atoms with Crippen LogP contribution in [0.2, 0.25) is 0 Å². The van der Waals surface area contributed by atoms with E-state index in [1.54, 1.807) is 0 Å². The van der Waals surface area contributed by atoms with Crippen LogP contribution in [0.5, 0.6) is 0 Å². The molecule has 1 heterocycles. The summed E-state index contributed by atoms with van der Waals surface area (Å²) >= 11 is 3.45. The summed E-state index contributed by atoms with van der Waals surface area (Å²) in [5, 5.41) is 0. The van der Waals surface area contributed by atoms with Gasteiger partial charge in [0.15, 0.2) is 5.82 Å². The van der Waals surface area contributed by atoms with E-state index in [1.165, 1.54) is 0 Å². The molecule has 4 heteroatoms. The minimum absolute atomic E-state index is 0.0438. The number of hydrogen-bond donors (Lipinski definition) is 1. The van der Waals surface area contributed by atoms with Gasteiger partial charge in [-0.15, -0.1) is 0 Å². The van der Waals surface area contributed by atoms with Gasteiger partial charge < -0.3 is 5.73 Å². The Kier molecular flexibility index (Phi) is 3.39. The molecule has 0 aliphatic carbocycles. The van der Waals surface area contributed by atoms with Gasteiger partial charge in [0.25, 0.3) is 0 Å². The highest BCUT2D eigenvalue weighted by Gasteiger charge is 2.17. The van der Waals surface area contributed by atoms with E-state index in [1.807, 2.05) is 30.3 Å². The van der Waals surface area contributed by atoms with Crippen molar-refractivity contribution in [1.82, 2.24) is 9.97 Å². The first-order valence-corrected chi connectivity index (χ1v) is 6.56. The fraction of sp³-hybridized carbons (Fsp3) is 0.286. The molecular formula is C14H16BrN3. The number of rotatable bonds is 1. The molecule has 0 atom stereocenters. The van der Waals surface area contributed by atoms with E-state index < -0.39 is 0 Å². The van der Waals surface area contributed by atoms with E-state index in [9.17, 15) is 0 Å². The quantitative estimate of drug-likeness (QED) is 0.872. The average molecular weight is 306 g/mol. The molecule has 3 nitrogen and oxygen atoms in total. The van der Waals surface area contributed by atoms with E-state index in [0.29, 0.717) is 11.6 Å². The maximum absolute atomic E-state index is 5.87. The third kappa shape index (κ3) is 2.88. The lowest BCUT2D eigenvalue weighted by molar-refractivity contribution is 0.568. The summed E-state index contributed by atoms with van der Waals surface area (Å²) in [4.78, 5) is 8.91. The largest absolute Gasteiger partial charge is 0.384 e. The predicted octanol–water partition coefficient (Wildman–Crippen LogP) is 3.79. The number of nitrogens with zero attached hydrogens (tertiary/aromatic N) is 2. The Hall–Kier alpha value is -1.42. The van der Waals surface area contributed by atoms with Gasteiger partial charge in [0.05, 0.1) is 5.69 Å². The molecule has 0 aliphatic heterocycles. The molecule has 0 aliphatic rings. The van der Waals surface area contributed by atoms with Crippen molar-refractivity contribution in [1.29, 1.82) is 0 Å². The fourth-order valence-electron chi connectivity index (χ4n) is 1.61. The molecule has 2 N–H and O–H groups in total. The smallest absolute Gasteiger partial charge is 0.161 e. The van der Waals surface area contributed by atoms with Gasteiger partial charge in [-0.1, -0.05) is 48.8 Å². The van der Waals surface area contributed by atoms with E-state index in [-0.39, 0.29) is 5.41 Å². The lowest BCUT2D eigenvalue weighted by Crippen LogP contribution is -2.15. The highest BCUT2D eigenvalue weighted by molar-refractivity contribution is 9.10. The molecule has 0 spiro atoms. The first-order valence-electron chi connectivity index (χ1n) is 5.77. The van der Waals surface area contributed by atoms with Crippen molar-refractivity contribution in [2.75, 3.05) is 5.73 Å². The van der Waals surface area contributed by atoms with Crippen LogP contribution in [0.3, 0.4) is 0 Å². The molecule has 2 aromatic rings. The number of aromatic nitrogens is 2. The monoisotopic (exact) mass is 305 g/mol. The van der Waals surface area contributed by atoms with Gasteiger partial charge in [0, 0.05) is 21.5 Å². The summed E-state index contributed by atoms with van der Waals surface area (Å²) in [6.07, 6.45) is 0. The highest BCUT2D eigenvalue weighted by atomic mass is 79.9. The minimum Gasteiger partial charge on any atom is -0.384 e. The van der Waals surface area contributed by atoms with E-state index in [4.69, 9.17) is 5.73 Å². The number of anilines is 1. The maximum atomic E-state index is 5.87. The van der Waals surface area contributed by atoms with Crippen LogP contribution < -0.4 is 5.73 Å². The molecule has 94 valence electrons. The van der Waals surface area contributed by atoms with Crippen LogP contribution >= 0.6 is 15.9 Å². The normalized spacial score (nSPS) is 11.6. The Bertz CT molecular complexity index is 573. The van der Waals surface area contributed by atoms with Gasteiger partial charge in [-0.2, -0.15) is 0 Å². The molecule has 0 bridgehead atoms. The van der Waals surface area contributed by atoms with Crippen molar-refractivity contribution in [3.63, 3.8) is 0 Å². The van der Waals surface area contributed by atoms with E-state index >= 15 is 0 Å². The molecule has 18 heavy (non-hydrogen) atoms. The summed E-state index contributed by atoms with van der Waals surface area (Å²) in [7, 11) is 0. The summed E-state index contributed by atoms with van der Waals surface area (Å²) in [5.74, 6) is 1.17. The minimum atomic E-state index is -0.0438. The number of nitrogens with two attached hydrogens (primary N) is 1. The SMILES string of the molecule is CC(C)(C)c1cc(N)nc(-c2cccc(Br)c2)n1. The molecule has 0 radical (unpaired) electrons. The molecule has 1 aromatic heterocycles. The van der Waals surface area contributed by atoms with Gasteiger partial charge in [0.2, 0.25) is 0 Å². The van der Waals surface area contributed by atoms with Crippen molar-refractivity contribution < 1.29 is 0 Å². The number of nitrogen functional groups attached to an aromatic ring is 1. The van der Waals surface area contributed by atoms with Crippen LogP contribution in [-0.4, -0.2) is 9.97 Å². The lowest BCUT2D eigenvalue weighted by Gasteiger charge is -2.18. The van der Waals surface area contributed by atoms with Crippen LogP contribution in [0.25, 0.3) is 11.4 Å². The predicted molar refractivity (Wildman–Crippen MR) is 78.3 cm³/mol. The van der Waals surface area contributed by atoms with Crippen LogP contribution in [0.1, 0.15) is 26.5 Å². The Morgan fingerprint density at radius 2 is 1.83 bits per heavy atom. The third-order valence-electron chi connectivity index (χ3n) is 2.60. The van der Waals surface area contributed by atoms with Crippen molar-refractivity contribution in [2.24, 2.45) is 0 Å². The summed E-state index contributed by atoms with van der Waals surface area (Å²) in [6, 6.07) is 9.73. The Morgan fingerprint density at radius 3 is 2.44 bits per heavy atom. The molecule has 1 aromatic carbocycles. The second kappa shape index (κ2) is 4.69. The average Bonchev–Trinajstić information content (AvgIpc) is 2.27. The summed E-state index contributed by atoms with van der Waals surface area (Å²) in [6.45, 7) is 6.33. The van der Waals surface area contributed by atoms with Crippen molar-refractivity contribution in [2.45, 2.75) is 26.2 Å².